The first-order chi connectivity index (χ1) is 8.24. The van der Waals surface area contributed by atoms with E-state index < -0.39 is 0 Å². The Labute approximate surface area is 104 Å². The molecule has 0 aliphatic heterocycles. The molecule has 0 bridgehead atoms. The lowest BCUT2D eigenvalue weighted by Gasteiger charge is -2.05. The van der Waals surface area contributed by atoms with Gasteiger partial charge in [0.1, 0.15) is 0 Å². The number of imidazole rings is 1. The topological polar surface area (TPSA) is 43.8 Å². The van der Waals surface area contributed by atoms with E-state index in [0.717, 1.165) is 17.6 Å². The quantitative estimate of drug-likeness (QED) is 0.751. The fourth-order valence-corrected chi connectivity index (χ4v) is 2.64. The Morgan fingerprint density at radius 3 is 3.00 bits per heavy atom. The molecule has 0 aliphatic carbocycles. The zero-order valence-electron chi connectivity index (χ0n) is 9.55. The van der Waals surface area contributed by atoms with Gasteiger partial charge in [0, 0.05) is 0 Å². The van der Waals surface area contributed by atoms with Crippen LogP contribution in [0.2, 0.25) is 0 Å². The van der Waals surface area contributed by atoms with Gasteiger partial charge >= 0.3 is 0 Å². The number of thiophene rings is 1. The van der Waals surface area contributed by atoms with Crippen molar-refractivity contribution in [1.82, 2.24) is 9.55 Å². The lowest BCUT2D eigenvalue weighted by molar-refractivity contribution is 0.841. The SMILES string of the molecule is Cc1ccc2nc(N)n(Cc3ccsc3)c2c1. The third kappa shape index (κ3) is 1.80. The van der Waals surface area contributed by atoms with Crippen LogP contribution in [0.15, 0.2) is 35.0 Å². The van der Waals surface area contributed by atoms with Crippen LogP contribution < -0.4 is 5.73 Å². The maximum absolute atomic E-state index is 5.98. The monoisotopic (exact) mass is 243 g/mol. The molecule has 0 saturated carbocycles. The van der Waals surface area contributed by atoms with Crippen LogP contribution >= 0.6 is 11.3 Å². The molecule has 17 heavy (non-hydrogen) atoms. The zero-order chi connectivity index (χ0) is 11.8. The molecule has 2 aromatic heterocycles. The van der Waals surface area contributed by atoms with Gasteiger partial charge in [-0.3, -0.25) is 0 Å². The van der Waals surface area contributed by atoms with Crippen molar-refractivity contribution in [1.29, 1.82) is 0 Å². The predicted molar refractivity (Wildman–Crippen MR) is 72.3 cm³/mol. The summed E-state index contributed by atoms with van der Waals surface area (Å²) in [6.07, 6.45) is 0. The van der Waals surface area contributed by atoms with E-state index in [1.54, 1.807) is 11.3 Å². The molecule has 0 aliphatic rings. The highest BCUT2D eigenvalue weighted by atomic mass is 32.1. The molecule has 4 heteroatoms. The van der Waals surface area contributed by atoms with Crippen LogP contribution in [0.1, 0.15) is 11.1 Å². The molecule has 0 radical (unpaired) electrons. The first kappa shape index (κ1) is 10.4. The van der Waals surface area contributed by atoms with Crippen molar-refractivity contribution < 1.29 is 0 Å². The minimum Gasteiger partial charge on any atom is -0.369 e. The van der Waals surface area contributed by atoms with E-state index in [4.69, 9.17) is 5.73 Å². The van der Waals surface area contributed by atoms with Gasteiger partial charge < -0.3 is 10.3 Å². The minimum absolute atomic E-state index is 0.580. The smallest absolute Gasteiger partial charge is 0.201 e. The highest BCUT2D eigenvalue weighted by Gasteiger charge is 2.08. The first-order valence-electron chi connectivity index (χ1n) is 5.47. The number of nitrogens with two attached hydrogens (primary N) is 1. The number of hydrogen-bond acceptors (Lipinski definition) is 3. The van der Waals surface area contributed by atoms with Gasteiger partial charge in [-0.25, -0.2) is 4.98 Å². The van der Waals surface area contributed by atoms with Crippen molar-refractivity contribution in [3.8, 4) is 0 Å². The lowest BCUT2D eigenvalue weighted by atomic mass is 10.2. The average molecular weight is 243 g/mol. The van der Waals surface area contributed by atoms with Crippen molar-refractivity contribution in [2.45, 2.75) is 13.5 Å². The van der Waals surface area contributed by atoms with Crippen LogP contribution in [-0.4, -0.2) is 9.55 Å². The fourth-order valence-electron chi connectivity index (χ4n) is 1.98. The zero-order valence-corrected chi connectivity index (χ0v) is 10.4. The third-order valence-corrected chi connectivity index (χ3v) is 3.59. The number of aromatic nitrogens is 2. The van der Waals surface area contributed by atoms with E-state index in [0.29, 0.717) is 5.95 Å². The number of fused-ring (bicyclic) bond motifs is 1. The Bertz CT molecular complexity index is 653. The van der Waals surface area contributed by atoms with Gasteiger partial charge in [0.25, 0.3) is 0 Å². The number of aryl methyl sites for hydroxylation is 1. The molecule has 1 aromatic carbocycles. The summed E-state index contributed by atoms with van der Waals surface area (Å²) in [7, 11) is 0. The van der Waals surface area contributed by atoms with Gasteiger partial charge in [0.15, 0.2) is 0 Å². The van der Waals surface area contributed by atoms with Gasteiger partial charge in [-0.1, -0.05) is 6.07 Å². The van der Waals surface area contributed by atoms with Crippen LogP contribution in [-0.2, 0) is 6.54 Å². The molecule has 0 spiro atoms. The number of rotatable bonds is 2. The van der Waals surface area contributed by atoms with Gasteiger partial charge in [0.05, 0.1) is 17.6 Å². The van der Waals surface area contributed by atoms with E-state index in [9.17, 15) is 0 Å². The van der Waals surface area contributed by atoms with Gasteiger partial charge in [0.2, 0.25) is 5.95 Å². The van der Waals surface area contributed by atoms with Gasteiger partial charge in [-0.2, -0.15) is 11.3 Å². The summed E-state index contributed by atoms with van der Waals surface area (Å²) in [4.78, 5) is 4.38. The summed E-state index contributed by atoms with van der Waals surface area (Å²) in [5.74, 6) is 0.580. The maximum atomic E-state index is 5.98. The Balaban J connectivity index is 2.14. The Hall–Kier alpha value is -1.81. The second-order valence-electron chi connectivity index (χ2n) is 4.18. The van der Waals surface area contributed by atoms with Gasteiger partial charge in [-0.05, 0) is 47.0 Å². The van der Waals surface area contributed by atoms with Crippen LogP contribution in [0.4, 0.5) is 5.95 Å². The van der Waals surface area contributed by atoms with E-state index in [-0.39, 0.29) is 0 Å². The first-order valence-corrected chi connectivity index (χ1v) is 6.42. The molecule has 0 amide bonds. The molecule has 2 N–H and O–H groups in total. The highest BCUT2D eigenvalue weighted by Crippen LogP contribution is 2.21. The second-order valence-corrected chi connectivity index (χ2v) is 4.96. The predicted octanol–water partition coefficient (Wildman–Crippen LogP) is 3.04. The number of nitrogens with zero attached hydrogens (tertiary/aromatic N) is 2. The number of hydrogen-bond donors (Lipinski definition) is 1. The van der Waals surface area contributed by atoms with E-state index >= 15 is 0 Å². The van der Waals surface area contributed by atoms with Crippen molar-refractivity contribution in [3.05, 3.63) is 46.2 Å². The van der Waals surface area contributed by atoms with E-state index in [2.05, 4.69) is 45.4 Å². The summed E-state index contributed by atoms with van der Waals surface area (Å²) in [6.45, 7) is 2.87. The van der Waals surface area contributed by atoms with Crippen molar-refractivity contribution in [2.75, 3.05) is 5.73 Å². The molecular weight excluding hydrogens is 230 g/mol. The van der Waals surface area contributed by atoms with Crippen LogP contribution in [0.3, 0.4) is 0 Å². The van der Waals surface area contributed by atoms with Gasteiger partial charge in [-0.15, -0.1) is 0 Å². The summed E-state index contributed by atoms with van der Waals surface area (Å²) in [6, 6.07) is 8.33. The lowest BCUT2D eigenvalue weighted by Crippen LogP contribution is -2.03. The maximum Gasteiger partial charge on any atom is 0.201 e. The van der Waals surface area contributed by atoms with E-state index in [1.165, 1.54) is 11.1 Å². The van der Waals surface area contributed by atoms with Crippen molar-refractivity contribution in [3.63, 3.8) is 0 Å². The molecule has 3 nitrogen and oxygen atoms in total. The third-order valence-electron chi connectivity index (χ3n) is 2.85. The van der Waals surface area contributed by atoms with Crippen LogP contribution in [0.25, 0.3) is 11.0 Å². The average Bonchev–Trinajstić information content (AvgIpc) is 2.90. The number of anilines is 1. The molecule has 0 atom stereocenters. The van der Waals surface area contributed by atoms with Crippen LogP contribution in [0.5, 0.6) is 0 Å². The summed E-state index contributed by atoms with van der Waals surface area (Å²) < 4.78 is 2.06. The molecule has 2 heterocycles. The summed E-state index contributed by atoms with van der Waals surface area (Å²) in [5.41, 5.74) is 10.5. The second kappa shape index (κ2) is 3.89. The molecule has 3 aromatic rings. The van der Waals surface area contributed by atoms with E-state index in [1.807, 2.05) is 6.07 Å². The Morgan fingerprint density at radius 1 is 1.35 bits per heavy atom. The molecule has 0 fully saturated rings. The molecular formula is C13H13N3S. The van der Waals surface area contributed by atoms with Crippen molar-refractivity contribution in [2.24, 2.45) is 0 Å². The highest BCUT2D eigenvalue weighted by molar-refractivity contribution is 7.07. The largest absolute Gasteiger partial charge is 0.369 e. The minimum atomic E-state index is 0.580. The number of nitrogen functional groups attached to an aromatic ring is 1. The summed E-state index contributed by atoms with van der Waals surface area (Å²) >= 11 is 1.70. The van der Waals surface area contributed by atoms with Crippen molar-refractivity contribution >= 4 is 28.3 Å². The molecule has 3 rings (SSSR count). The molecule has 0 saturated heterocycles. The standard InChI is InChI=1S/C13H13N3S/c1-9-2-3-11-12(6-9)16(13(14)15-11)7-10-4-5-17-8-10/h2-6,8H,7H2,1H3,(H2,14,15). The molecule has 86 valence electrons. The Morgan fingerprint density at radius 2 is 2.24 bits per heavy atom. The fraction of sp³-hybridized carbons (Fsp3) is 0.154. The number of benzene rings is 1. The Kier molecular flexibility index (Phi) is 2.37. The normalized spacial score (nSPS) is 11.1. The molecule has 0 unspecified atom stereocenters. The summed E-state index contributed by atoms with van der Waals surface area (Å²) in [5, 5.41) is 4.22. The van der Waals surface area contributed by atoms with Crippen LogP contribution in [0, 0.1) is 6.92 Å².